The first kappa shape index (κ1) is 13.6. The number of carbonyl (C=O) groups is 2. The van der Waals surface area contributed by atoms with Crippen LogP contribution >= 0.6 is 0 Å². The molecule has 0 saturated heterocycles. The molecule has 0 saturated carbocycles. The van der Waals surface area contributed by atoms with Gasteiger partial charge in [0.1, 0.15) is 0 Å². The van der Waals surface area contributed by atoms with Gasteiger partial charge in [-0.25, -0.2) is 0 Å². The Morgan fingerprint density at radius 3 is 2.83 bits per heavy atom. The number of H-pyrrole nitrogens is 1. The predicted octanol–water partition coefficient (Wildman–Crippen LogP) is 2.73. The second kappa shape index (κ2) is 5.31. The molecule has 4 rings (SSSR count). The molecule has 1 aromatic carbocycles. The Balaban J connectivity index is 1.65. The molecule has 2 aromatic heterocycles. The summed E-state index contributed by atoms with van der Waals surface area (Å²) in [5.41, 5.74) is 3.90. The van der Waals surface area contributed by atoms with E-state index in [1.165, 1.54) is 0 Å². The van der Waals surface area contributed by atoms with Crippen LogP contribution in [0.5, 0.6) is 0 Å². The number of aromatic nitrogens is 3. The highest BCUT2D eigenvalue weighted by Gasteiger charge is 2.25. The topological polar surface area (TPSA) is 87.7 Å². The van der Waals surface area contributed by atoms with Crippen LogP contribution < -0.4 is 5.32 Å². The van der Waals surface area contributed by atoms with Gasteiger partial charge in [0.15, 0.2) is 5.78 Å². The minimum atomic E-state index is -0.291. The molecule has 3 aromatic rings. The SMILES string of the molecule is O=C(Nc1ccc2nccnc2c1)c1c[nH]c2c1C(=O)CCC2. The summed E-state index contributed by atoms with van der Waals surface area (Å²) in [5, 5.41) is 2.83. The van der Waals surface area contributed by atoms with Gasteiger partial charge >= 0.3 is 0 Å². The summed E-state index contributed by atoms with van der Waals surface area (Å²) in [7, 11) is 0. The van der Waals surface area contributed by atoms with Gasteiger partial charge in [-0.3, -0.25) is 19.6 Å². The Kier molecular flexibility index (Phi) is 3.15. The van der Waals surface area contributed by atoms with Gasteiger partial charge in [-0.1, -0.05) is 0 Å². The molecule has 23 heavy (non-hydrogen) atoms. The maximum absolute atomic E-state index is 12.5. The van der Waals surface area contributed by atoms with Gasteiger partial charge in [0.2, 0.25) is 0 Å². The van der Waals surface area contributed by atoms with E-state index < -0.39 is 0 Å². The second-order valence-corrected chi connectivity index (χ2v) is 5.55. The molecule has 114 valence electrons. The van der Waals surface area contributed by atoms with E-state index in [2.05, 4.69) is 20.3 Å². The first-order chi connectivity index (χ1) is 11.2. The lowest BCUT2D eigenvalue weighted by Gasteiger charge is -2.12. The molecule has 0 spiro atoms. The molecule has 6 nitrogen and oxygen atoms in total. The number of benzene rings is 1. The second-order valence-electron chi connectivity index (χ2n) is 5.55. The van der Waals surface area contributed by atoms with E-state index >= 15 is 0 Å². The van der Waals surface area contributed by atoms with E-state index in [-0.39, 0.29) is 11.7 Å². The molecule has 0 radical (unpaired) electrons. The summed E-state index contributed by atoms with van der Waals surface area (Å²) < 4.78 is 0. The fourth-order valence-electron chi connectivity index (χ4n) is 2.95. The molecule has 6 heteroatoms. The maximum atomic E-state index is 12.5. The smallest absolute Gasteiger partial charge is 0.257 e. The number of Topliss-reactive ketones (excluding diaryl/α,β-unsaturated/α-hetero) is 1. The summed E-state index contributed by atoms with van der Waals surface area (Å²) in [6.07, 6.45) is 6.98. The van der Waals surface area contributed by atoms with Crippen molar-refractivity contribution < 1.29 is 9.59 Å². The van der Waals surface area contributed by atoms with Crippen LogP contribution in [0.25, 0.3) is 11.0 Å². The molecule has 2 heterocycles. The number of hydrogen-bond donors (Lipinski definition) is 2. The van der Waals surface area contributed by atoms with Crippen molar-refractivity contribution in [3.05, 3.63) is 53.6 Å². The van der Waals surface area contributed by atoms with E-state index in [1.807, 2.05) is 0 Å². The van der Waals surface area contributed by atoms with Gasteiger partial charge in [-0.15, -0.1) is 0 Å². The molecule has 0 fully saturated rings. The van der Waals surface area contributed by atoms with Crippen LogP contribution in [0.4, 0.5) is 5.69 Å². The van der Waals surface area contributed by atoms with Crippen LogP contribution in [-0.4, -0.2) is 26.6 Å². The summed E-state index contributed by atoms with van der Waals surface area (Å²) in [5.74, 6) is -0.261. The van der Waals surface area contributed by atoms with Gasteiger partial charge in [-0.2, -0.15) is 0 Å². The lowest BCUT2D eigenvalue weighted by Crippen LogP contribution is -2.17. The normalized spacial score (nSPS) is 13.8. The molecule has 1 aliphatic carbocycles. The summed E-state index contributed by atoms with van der Waals surface area (Å²) in [6, 6.07) is 5.34. The van der Waals surface area contributed by atoms with Gasteiger partial charge in [0.05, 0.1) is 22.2 Å². The minimum absolute atomic E-state index is 0.0297. The highest BCUT2D eigenvalue weighted by Crippen LogP contribution is 2.25. The van der Waals surface area contributed by atoms with Crippen LogP contribution in [0.3, 0.4) is 0 Å². The lowest BCUT2D eigenvalue weighted by atomic mass is 9.93. The van der Waals surface area contributed by atoms with Crippen molar-refractivity contribution in [2.45, 2.75) is 19.3 Å². The van der Waals surface area contributed by atoms with Crippen LogP contribution in [0.1, 0.15) is 39.3 Å². The Bertz CT molecular complexity index is 929. The quantitative estimate of drug-likeness (QED) is 0.762. The molecule has 0 aliphatic heterocycles. The zero-order valence-corrected chi connectivity index (χ0v) is 12.3. The lowest BCUT2D eigenvalue weighted by molar-refractivity contribution is 0.0956. The molecule has 0 bridgehead atoms. The third kappa shape index (κ3) is 2.38. The number of carbonyl (C=O) groups excluding carboxylic acids is 2. The number of nitrogens with zero attached hydrogens (tertiary/aromatic N) is 2. The minimum Gasteiger partial charge on any atom is -0.364 e. The van der Waals surface area contributed by atoms with Crippen molar-refractivity contribution in [1.29, 1.82) is 0 Å². The van der Waals surface area contributed by atoms with Crippen LogP contribution in [-0.2, 0) is 6.42 Å². The zero-order chi connectivity index (χ0) is 15.8. The van der Waals surface area contributed by atoms with Gasteiger partial charge < -0.3 is 10.3 Å². The molecular weight excluding hydrogens is 292 g/mol. The molecule has 1 amide bonds. The fraction of sp³-hybridized carbons (Fsp3) is 0.176. The molecule has 1 aliphatic rings. The van der Waals surface area contributed by atoms with Crippen molar-refractivity contribution in [3.8, 4) is 0 Å². The van der Waals surface area contributed by atoms with E-state index in [0.717, 1.165) is 24.1 Å². The van der Waals surface area contributed by atoms with Gasteiger partial charge in [-0.05, 0) is 31.0 Å². The third-order valence-electron chi connectivity index (χ3n) is 4.04. The molecular formula is C17H14N4O2. The first-order valence-corrected chi connectivity index (χ1v) is 7.48. The average molecular weight is 306 g/mol. The maximum Gasteiger partial charge on any atom is 0.257 e. The van der Waals surface area contributed by atoms with E-state index in [0.29, 0.717) is 28.8 Å². The number of aromatic amines is 1. The number of aryl methyl sites for hydroxylation is 1. The number of anilines is 1. The summed E-state index contributed by atoms with van der Waals surface area (Å²) >= 11 is 0. The monoisotopic (exact) mass is 306 g/mol. The van der Waals surface area contributed by atoms with Crippen LogP contribution in [0.15, 0.2) is 36.8 Å². The summed E-state index contributed by atoms with van der Waals surface area (Å²) in [6.45, 7) is 0. The van der Waals surface area contributed by atoms with Crippen molar-refractivity contribution in [2.24, 2.45) is 0 Å². The number of nitrogens with one attached hydrogen (secondary N) is 2. The average Bonchev–Trinajstić information content (AvgIpc) is 3.00. The van der Waals surface area contributed by atoms with Crippen LogP contribution in [0.2, 0.25) is 0 Å². The van der Waals surface area contributed by atoms with Gasteiger partial charge in [0.25, 0.3) is 5.91 Å². The Labute approximate surface area is 132 Å². The molecule has 0 atom stereocenters. The number of ketones is 1. The Morgan fingerprint density at radius 2 is 1.96 bits per heavy atom. The van der Waals surface area contributed by atoms with E-state index in [4.69, 9.17) is 0 Å². The molecule has 2 N–H and O–H groups in total. The van der Waals surface area contributed by atoms with E-state index in [9.17, 15) is 9.59 Å². The van der Waals surface area contributed by atoms with Crippen molar-refractivity contribution in [1.82, 2.24) is 15.0 Å². The number of hydrogen-bond acceptors (Lipinski definition) is 4. The standard InChI is InChI=1S/C17H14N4O2/c22-15-3-1-2-13-16(15)11(9-20-13)17(23)21-10-4-5-12-14(8-10)19-7-6-18-12/h4-9,20H,1-3H2,(H,21,23). The van der Waals surface area contributed by atoms with Gasteiger partial charge in [0, 0.05) is 36.4 Å². The highest BCUT2D eigenvalue weighted by molar-refractivity contribution is 6.13. The predicted molar refractivity (Wildman–Crippen MR) is 85.6 cm³/mol. The number of fused-ring (bicyclic) bond motifs is 2. The van der Waals surface area contributed by atoms with Crippen molar-refractivity contribution >= 4 is 28.4 Å². The fourth-order valence-corrected chi connectivity index (χ4v) is 2.95. The van der Waals surface area contributed by atoms with Crippen molar-refractivity contribution in [2.75, 3.05) is 5.32 Å². The Morgan fingerprint density at radius 1 is 1.13 bits per heavy atom. The summed E-state index contributed by atoms with van der Waals surface area (Å²) in [4.78, 5) is 36.1. The Hall–Kier alpha value is -3.02. The highest BCUT2D eigenvalue weighted by atomic mass is 16.2. The first-order valence-electron chi connectivity index (χ1n) is 7.48. The van der Waals surface area contributed by atoms with Crippen LogP contribution in [0, 0.1) is 0 Å². The number of amides is 1. The van der Waals surface area contributed by atoms with E-state index in [1.54, 1.807) is 36.8 Å². The molecule has 0 unspecified atom stereocenters. The largest absolute Gasteiger partial charge is 0.364 e. The third-order valence-corrected chi connectivity index (χ3v) is 4.04. The van der Waals surface area contributed by atoms with Crippen molar-refractivity contribution in [3.63, 3.8) is 0 Å². The zero-order valence-electron chi connectivity index (χ0n) is 12.3. The number of rotatable bonds is 2.